The normalized spacial score (nSPS) is 16.4. The van der Waals surface area contributed by atoms with Gasteiger partial charge in [0.05, 0.1) is 11.3 Å². The second-order valence-corrected chi connectivity index (χ2v) is 9.92. The van der Waals surface area contributed by atoms with E-state index < -0.39 is 11.7 Å². The Balaban J connectivity index is 1.54. The predicted octanol–water partition coefficient (Wildman–Crippen LogP) is 6.90. The quantitative estimate of drug-likeness (QED) is 0.121. The zero-order chi connectivity index (χ0) is 28.8. The molecule has 5 rings (SSSR count). The Morgan fingerprint density at radius 2 is 1.61 bits per heavy atom. The molecule has 3 aromatic carbocycles. The third-order valence-corrected chi connectivity index (χ3v) is 7.06. The number of amidine groups is 1. The van der Waals surface area contributed by atoms with E-state index in [1.807, 2.05) is 30.3 Å². The molecule has 2 N–H and O–H groups in total. The van der Waals surface area contributed by atoms with Gasteiger partial charge in [0.1, 0.15) is 11.5 Å². The third kappa shape index (κ3) is 6.98. The monoisotopic (exact) mass is 576 g/mol. The van der Waals surface area contributed by atoms with Crippen molar-refractivity contribution >= 4 is 29.5 Å². The molecule has 1 aliphatic rings. The highest BCUT2D eigenvalue weighted by molar-refractivity contribution is 7.98. The minimum atomic E-state index is -4.44. The fourth-order valence-electron chi connectivity index (χ4n) is 4.27. The van der Waals surface area contributed by atoms with Gasteiger partial charge in [-0.15, -0.1) is 0 Å². The van der Waals surface area contributed by atoms with Gasteiger partial charge in [-0.05, 0) is 66.1 Å². The van der Waals surface area contributed by atoms with Gasteiger partial charge in [-0.25, -0.2) is 9.40 Å². The van der Waals surface area contributed by atoms with Gasteiger partial charge in [0.2, 0.25) is 0 Å². The van der Waals surface area contributed by atoms with Crippen LogP contribution in [0.1, 0.15) is 34.7 Å². The maximum Gasteiger partial charge on any atom is 0.416 e. The van der Waals surface area contributed by atoms with Gasteiger partial charge in [-0.2, -0.15) is 27.7 Å². The van der Waals surface area contributed by atoms with Crippen LogP contribution in [0.3, 0.4) is 0 Å². The summed E-state index contributed by atoms with van der Waals surface area (Å²) in [6, 6.07) is 25.9. The lowest BCUT2D eigenvalue weighted by atomic mass is 9.86. The number of hydrogen-bond acceptors (Lipinski definition) is 4. The van der Waals surface area contributed by atoms with Crippen LogP contribution in [0.25, 0.3) is 0 Å². The number of nitrogens with two attached hydrogens (primary N) is 1. The van der Waals surface area contributed by atoms with E-state index in [0.717, 1.165) is 35.2 Å². The minimum Gasteiger partial charge on any atom is -0.382 e. The van der Waals surface area contributed by atoms with Crippen LogP contribution in [0.15, 0.2) is 123 Å². The number of hydrogen-bond donors (Lipinski definition) is 1. The molecule has 0 aliphatic carbocycles. The Morgan fingerprint density at radius 3 is 2.27 bits per heavy atom. The van der Waals surface area contributed by atoms with Gasteiger partial charge >= 0.3 is 6.18 Å². The van der Waals surface area contributed by atoms with Gasteiger partial charge in [0.15, 0.2) is 5.84 Å². The van der Waals surface area contributed by atoms with Crippen LogP contribution >= 0.6 is 11.9 Å². The van der Waals surface area contributed by atoms with Crippen molar-refractivity contribution in [1.29, 1.82) is 0 Å². The van der Waals surface area contributed by atoms with Crippen molar-refractivity contribution in [3.8, 4) is 0 Å². The standard InChI is InChI=1S/C30H24F4N6S/c31-23-13-9-21(10-14-23)27-25(20-6-2-1-3-7-20)17-19-40(38-27)29(37-28(35)26-8-4-5-18-36-26)39-41-24-15-11-22(12-16-24)30(32,33)34/h1-16,18,25H,17,19H2,(H2,35,37,39). The van der Waals surface area contributed by atoms with E-state index in [4.69, 9.17) is 10.8 Å². The summed E-state index contributed by atoms with van der Waals surface area (Å²) in [5.41, 5.74) is 8.45. The van der Waals surface area contributed by atoms with E-state index in [1.54, 1.807) is 41.5 Å². The molecule has 1 aliphatic heterocycles. The van der Waals surface area contributed by atoms with Gasteiger partial charge in [-0.1, -0.05) is 48.5 Å². The van der Waals surface area contributed by atoms with E-state index in [9.17, 15) is 17.6 Å². The molecule has 1 atom stereocenters. The smallest absolute Gasteiger partial charge is 0.382 e. The number of rotatable bonds is 5. The largest absolute Gasteiger partial charge is 0.416 e. The van der Waals surface area contributed by atoms with Crippen molar-refractivity contribution in [2.24, 2.45) is 20.2 Å². The molecule has 1 unspecified atom stereocenters. The Morgan fingerprint density at radius 1 is 0.902 bits per heavy atom. The van der Waals surface area contributed by atoms with E-state index in [1.165, 1.54) is 24.3 Å². The molecular weight excluding hydrogens is 552 g/mol. The SMILES string of the molecule is N/C(=N\C(=N\Sc1ccc(C(F)(F)F)cc1)N1CCC(c2ccccc2)C(c2ccc(F)cc2)=N1)c1ccccn1. The Hall–Kier alpha value is -4.51. The first-order valence-corrected chi connectivity index (χ1v) is 13.4. The van der Waals surface area contributed by atoms with Crippen LogP contribution in [-0.4, -0.2) is 34.0 Å². The Kier molecular flexibility index (Phi) is 8.44. The van der Waals surface area contributed by atoms with Crippen LogP contribution in [0.2, 0.25) is 0 Å². The molecule has 0 amide bonds. The molecule has 0 saturated carbocycles. The lowest BCUT2D eigenvalue weighted by Gasteiger charge is -2.30. The Labute approximate surface area is 238 Å². The molecule has 0 spiro atoms. The van der Waals surface area contributed by atoms with E-state index in [0.29, 0.717) is 29.3 Å². The van der Waals surface area contributed by atoms with Gasteiger partial charge in [-0.3, -0.25) is 4.98 Å². The fourth-order valence-corrected chi connectivity index (χ4v) is 4.85. The van der Waals surface area contributed by atoms with Crippen molar-refractivity contribution in [1.82, 2.24) is 9.99 Å². The number of pyridine rings is 1. The molecule has 4 aromatic rings. The zero-order valence-electron chi connectivity index (χ0n) is 21.5. The molecular formula is C30H24F4N6S. The lowest BCUT2D eigenvalue weighted by molar-refractivity contribution is -0.137. The molecule has 0 bridgehead atoms. The molecule has 2 heterocycles. The number of alkyl halides is 3. The van der Waals surface area contributed by atoms with Crippen molar-refractivity contribution in [3.05, 3.63) is 131 Å². The summed E-state index contributed by atoms with van der Waals surface area (Å²) >= 11 is 0.952. The van der Waals surface area contributed by atoms with Crippen LogP contribution in [0, 0.1) is 5.82 Å². The van der Waals surface area contributed by atoms with Gasteiger partial charge < -0.3 is 5.73 Å². The minimum absolute atomic E-state index is 0.0705. The highest BCUT2D eigenvalue weighted by Crippen LogP contribution is 2.32. The summed E-state index contributed by atoms with van der Waals surface area (Å²) in [6.07, 6.45) is -2.21. The average molecular weight is 577 g/mol. The number of hydrazone groups is 1. The second kappa shape index (κ2) is 12.3. The van der Waals surface area contributed by atoms with Crippen LogP contribution in [0.5, 0.6) is 0 Å². The summed E-state index contributed by atoms with van der Waals surface area (Å²) in [7, 11) is 0. The summed E-state index contributed by atoms with van der Waals surface area (Å²) < 4.78 is 57.4. The molecule has 208 valence electrons. The summed E-state index contributed by atoms with van der Waals surface area (Å²) in [5.74, 6) is -0.190. The second-order valence-electron chi connectivity index (χ2n) is 9.08. The van der Waals surface area contributed by atoms with E-state index in [-0.39, 0.29) is 23.5 Å². The average Bonchev–Trinajstić information content (AvgIpc) is 3.00. The van der Waals surface area contributed by atoms with E-state index >= 15 is 0 Å². The number of halogens is 4. The molecule has 0 saturated heterocycles. The van der Waals surface area contributed by atoms with Crippen molar-refractivity contribution < 1.29 is 17.6 Å². The van der Waals surface area contributed by atoms with Crippen LogP contribution in [-0.2, 0) is 6.18 Å². The molecule has 0 fully saturated rings. The number of guanidine groups is 1. The predicted molar refractivity (Wildman–Crippen MR) is 153 cm³/mol. The summed E-state index contributed by atoms with van der Waals surface area (Å²) in [4.78, 5) is 9.23. The highest BCUT2D eigenvalue weighted by atomic mass is 32.2. The number of nitrogens with zero attached hydrogens (tertiary/aromatic N) is 5. The van der Waals surface area contributed by atoms with Crippen LogP contribution < -0.4 is 5.73 Å². The van der Waals surface area contributed by atoms with Crippen molar-refractivity contribution in [3.63, 3.8) is 0 Å². The molecule has 6 nitrogen and oxygen atoms in total. The highest BCUT2D eigenvalue weighted by Gasteiger charge is 2.30. The van der Waals surface area contributed by atoms with Crippen LogP contribution in [0.4, 0.5) is 17.6 Å². The van der Waals surface area contributed by atoms with Gasteiger partial charge in [0.25, 0.3) is 5.96 Å². The number of aromatic nitrogens is 1. The van der Waals surface area contributed by atoms with E-state index in [2.05, 4.69) is 14.4 Å². The topological polar surface area (TPSA) is 79.2 Å². The van der Waals surface area contributed by atoms with Gasteiger partial charge in [0, 0.05) is 35.5 Å². The zero-order valence-corrected chi connectivity index (χ0v) is 22.4. The lowest BCUT2D eigenvalue weighted by Crippen LogP contribution is -2.36. The Bertz CT molecular complexity index is 1560. The summed E-state index contributed by atoms with van der Waals surface area (Å²) in [6.45, 7) is 0.426. The molecule has 11 heteroatoms. The maximum atomic E-state index is 13.8. The molecule has 0 radical (unpaired) electrons. The number of aliphatic imine (C=N–C) groups is 1. The van der Waals surface area contributed by atoms with Crippen molar-refractivity contribution in [2.75, 3.05) is 6.54 Å². The number of benzene rings is 3. The fraction of sp³-hybridized carbons (Fsp3) is 0.133. The first-order valence-electron chi connectivity index (χ1n) is 12.6. The molecule has 41 heavy (non-hydrogen) atoms. The maximum absolute atomic E-state index is 13.8. The first kappa shape index (κ1) is 28.0. The van der Waals surface area contributed by atoms with Crippen molar-refractivity contribution in [2.45, 2.75) is 23.4 Å². The molecule has 1 aromatic heterocycles. The third-order valence-electron chi connectivity index (χ3n) is 6.32. The summed E-state index contributed by atoms with van der Waals surface area (Å²) in [5, 5.41) is 6.50. The first-order chi connectivity index (χ1) is 19.8.